The maximum absolute atomic E-state index is 14.8. The topological polar surface area (TPSA) is 139 Å². The van der Waals surface area contributed by atoms with Crippen LogP contribution in [0.5, 0.6) is 0 Å². The number of fused-ring (bicyclic) bond motifs is 5. The molecule has 3 aliphatic heterocycles. The zero-order chi connectivity index (χ0) is 36.0. The van der Waals surface area contributed by atoms with Gasteiger partial charge in [-0.3, -0.25) is 24.0 Å². The zero-order valence-electron chi connectivity index (χ0n) is 30.1. The van der Waals surface area contributed by atoms with Crippen LogP contribution < -0.4 is 5.32 Å². The molecule has 0 unspecified atom stereocenters. The fourth-order valence-electron chi connectivity index (χ4n) is 8.28. The molecule has 3 aliphatic rings. The van der Waals surface area contributed by atoms with Gasteiger partial charge in [-0.15, -0.1) is 0 Å². The Labute approximate surface area is 293 Å². The Morgan fingerprint density at radius 1 is 1.04 bits per heavy atom. The van der Waals surface area contributed by atoms with Crippen LogP contribution in [0.1, 0.15) is 80.8 Å². The molecule has 0 radical (unpaired) electrons. The first-order valence-corrected chi connectivity index (χ1v) is 17.8. The number of carbonyl (C=O) groups is 5. The molecule has 0 saturated carbocycles. The number of amides is 5. The van der Waals surface area contributed by atoms with Crippen molar-refractivity contribution in [2.45, 2.75) is 77.3 Å². The van der Waals surface area contributed by atoms with Crippen molar-refractivity contribution in [3.63, 3.8) is 0 Å². The molecule has 0 spiro atoms. The smallest absolute Gasteiger partial charge is 0.289 e. The van der Waals surface area contributed by atoms with Gasteiger partial charge in [-0.2, -0.15) is 0 Å². The lowest BCUT2D eigenvalue weighted by molar-refractivity contribution is -0.167. The van der Waals surface area contributed by atoms with Gasteiger partial charge < -0.3 is 34.3 Å². The molecular weight excluding hydrogens is 636 g/mol. The van der Waals surface area contributed by atoms with Gasteiger partial charge in [0.25, 0.3) is 5.91 Å². The summed E-state index contributed by atoms with van der Waals surface area (Å²) in [5, 5.41) is 4.06. The highest BCUT2D eigenvalue weighted by atomic mass is 16.3. The second-order valence-corrected chi connectivity index (χ2v) is 15.2. The first kappa shape index (κ1) is 35.2. The Morgan fingerprint density at radius 2 is 1.76 bits per heavy atom. The summed E-state index contributed by atoms with van der Waals surface area (Å²) in [5.41, 5.74) is 2.58. The maximum Gasteiger partial charge on any atom is 0.289 e. The minimum atomic E-state index is -0.931. The van der Waals surface area contributed by atoms with Gasteiger partial charge in [-0.05, 0) is 75.8 Å². The molecule has 12 nitrogen and oxygen atoms in total. The fourth-order valence-corrected chi connectivity index (χ4v) is 8.28. The van der Waals surface area contributed by atoms with E-state index in [1.54, 1.807) is 36.0 Å². The van der Waals surface area contributed by atoms with Crippen molar-refractivity contribution in [1.82, 2.24) is 29.9 Å². The lowest BCUT2D eigenvalue weighted by Gasteiger charge is -2.56. The average Bonchev–Trinajstić information content (AvgIpc) is 3.75. The third kappa shape index (κ3) is 6.52. The number of nitrogens with one attached hydrogen (secondary N) is 2. The number of hydrogen-bond donors (Lipinski definition) is 2. The Balaban J connectivity index is 1.34. The molecule has 268 valence electrons. The summed E-state index contributed by atoms with van der Waals surface area (Å²) in [5.74, 6) is -1.48. The standard InChI is InChI=1S/C38H50N6O6/c1-7-38-28(35(48)42-16-18-43(19-17-42)36(49)30-9-8-20-50-30)22-25(23-31(45)40-37(2,3)4)34(47)44(38)15-14-27-26-12-10-24(11-13-32(46)41(5)6)21-29(26)39-33(27)38/h8-10,12,20-21,25,28,39H,7,11,13-19,22-23H2,1-6H3,(H,40,45)/t25-,28-,38+/m1/s1. The number of piperazine rings is 1. The van der Waals surface area contributed by atoms with Gasteiger partial charge in [0, 0.05) is 87.7 Å². The number of aromatic nitrogens is 1. The Hall–Kier alpha value is -4.61. The molecule has 1 aromatic carbocycles. The Morgan fingerprint density at radius 3 is 2.40 bits per heavy atom. The largest absolute Gasteiger partial charge is 0.459 e. The van der Waals surface area contributed by atoms with E-state index in [4.69, 9.17) is 4.42 Å². The fraction of sp³-hybridized carbons (Fsp3) is 0.553. The molecule has 2 fully saturated rings. The van der Waals surface area contributed by atoms with E-state index in [0.29, 0.717) is 58.4 Å². The Kier molecular flexibility index (Phi) is 9.58. The number of H-pyrrole nitrogens is 1. The molecule has 2 aromatic heterocycles. The number of furan rings is 1. The minimum absolute atomic E-state index is 0.0101. The monoisotopic (exact) mass is 686 g/mol. The van der Waals surface area contributed by atoms with Gasteiger partial charge in [0.2, 0.25) is 23.6 Å². The minimum Gasteiger partial charge on any atom is -0.459 e. The lowest BCUT2D eigenvalue weighted by Crippen LogP contribution is -2.66. The van der Waals surface area contributed by atoms with Crippen molar-refractivity contribution in [2.24, 2.45) is 11.8 Å². The lowest BCUT2D eigenvalue weighted by atomic mass is 9.65. The number of aryl methyl sites for hydroxylation is 1. The van der Waals surface area contributed by atoms with Crippen LogP contribution in [-0.4, -0.2) is 106 Å². The zero-order valence-corrected chi connectivity index (χ0v) is 30.1. The van der Waals surface area contributed by atoms with Crippen molar-refractivity contribution < 1.29 is 28.4 Å². The van der Waals surface area contributed by atoms with Crippen LogP contribution in [0.4, 0.5) is 0 Å². The number of nitrogens with zero attached hydrogens (tertiary/aromatic N) is 4. The quantitative estimate of drug-likeness (QED) is 0.371. The number of aromatic amines is 1. The van der Waals surface area contributed by atoms with E-state index < -0.39 is 22.9 Å². The van der Waals surface area contributed by atoms with Crippen molar-refractivity contribution in [1.29, 1.82) is 0 Å². The van der Waals surface area contributed by atoms with E-state index in [2.05, 4.69) is 28.5 Å². The van der Waals surface area contributed by atoms with E-state index in [1.807, 2.05) is 37.5 Å². The molecule has 2 saturated heterocycles. The van der Waals surface area contributed by atoms with Crippen molar-refractivity contribution in [3.8, 4) is 0 Å². The molecular formula is C38H50N6O6. The maximum atomic E-state index is 14.8. The second-order valence-electron chi connectivity index (χ2n) is 15.2. The van der Waals surface area contributed by atoms with Crippen molar-refractivity contribution >= 4 is 40.4 Å². The van der Waals surface area contributed by atoms with E-state index in [9.17, 15) is 24.0 Å². The van der Waals surface area contributed by atoms with Gasteiger partial charge in [0.05, 0.1) is 17.7 Å². The van der Waals surface area contributed by atoms with Crippen molar-refractivity contribution in [3.05, 3.63) is 59.2 Å². The van der Waals surface area contributed by atoms with Gasteiger partial charge in [-0.25, -0.2) is 0 Å². The predicted molar refractivity (Wildman–Crippen MR) is 188 cm³/mol. The van der Waals surface area contributed by atoms with E-state index in [0.717, 1.165) is 27.7 Å². The second kappa shape index (κ2) is 13.6. The van der Waals surface area contributed by atoms with Crippen LogP contribution in [0.25, 0.3) is 10.9 Å². The average molecular weight is 687 g/mol. The summed E-state index contributed by atoms with van der Waals surface area (Å²) in [6.07, 6.45) is 3.87. The normalized spacial score (nSPS) is 22.3. The number of carbonyl (C=O) groups excluding carboxylic acids is 5. The molecule has 3 atom stereocenters. The van der Waals surface area contributed by atoms with Gasteiger partial charge >= 0.3 is 0 Å². The van der Waals surface area contributed by atoms with E-state index >= 15 is 0 Å². The molecule has 5 heterocycles. The van der Waals surface area contributed by atoms with Crippen LogP contribution >= 0.6 is 0 Å². The Bertz CT molecular complexity index is 1780. The summed E-state index contributed by atoms with van der Waals surface area (Å²) in [6.45, 7) is 9.66. The summed E-state index contributed by atoms with van der Waals surface area (Å²) < 4.78 is 5.33. The highest BCUT2D eigenvalue weighted by Crippen LogP contribution is 2.52. The highest BCUT2D eigenvalue weighted by Gasteiger charge is 2.59. The van der Waals surface area contributed by atoms with E-state index in [1.165, 1.54) is 6.26 Å². The number of rotatable bonds is 8. The SMILES string of the molecule is CC[C@]12c3[nH]c4cc(CCC(=O)N(C)C)ccc4c3CCN1C(=O)[C@@H](CC(=O)NC(C)(C)C)C[C@@H]2C(=O)N1CCN(C(=O)c2ccco2)CC1. The molecule has 2 N–H and O–H groups in total. The predicted octanol–water partition coefficient (Wildman–Crippen LogP) is 3.70. The van der Waals surface area contributed by atoms with Crippen LogP contribution in [0.3, 0.4) is 0 Å². The molecule has 3 aromatic rings. The summed E-state index contributed by atoms with van der Waals surface area (Å²) in [6, 6.07) is 9.56. The number of piperidine rings is 1. The first-order chi connectivity index (χ1) is 23.7. The van der Waals surface area contributed by atoms with Gasteiger partial charge in [0.1, 0.15) is 0 Å². The van der Waals surface area contributed by atoms with Crippen LogP contribution in [0, 0.1) is 11.8 Å². The summed E-state index contributed by atoms with van der Waals surface area (Å²) >= 11 is 0. The number of benzene rings is 1. The molecule has 6 rings (SSSR count). The number of hydrogen-bond acceptors (Lipinski definition) is 6. The third-order valence-electron chi connectivity index (χ3n) is 10.7. The first-order valence-electron chi connectivity index (χ1n) is 17.8. The third-order valence-corrected chi connectivity index (χ3v) is 10.7. The summed E-state index contributed by atoms with van der Waals surface area (Å²) in [7, 11) is 3.51. The summed E-state index contributed by atoms with van der Waals surface area (Å²) in [4.78, 5) is 78.4. The van der Waals surface area contributed by atoms with Crippen LogP contribution in [0.2, 0.25) is 0 Å². The van der Waals surface area contributed by atoms with Gasteiger partial charge in [-0.1, -0.05) is 19.1 Å². The van der Waals surface area contributed by atoms with Crippen molar-refractivity contribution in [2.75, 3.05) is 46.8 Å². The van der Waals surface area contributed by atoms with Crippen LogP contribution in [-0.2, 0) is 37.6 Å². The molecule has 12 heteroatoms. The molecule has 5 amide bonds. The molecule has 0 bridgehead atoms. The van der Waals surface area contributed by atoms with Crippen LogP contribution in [0.15, 0.2) is 41.0 Å². The highest BCUT2D eigenvalue weighted by molar-refractivity contribution is 5.94. The molecule has 50 heavy (non-hydrogen) atoms. The van der Waals surface area contributed by atoms with E-state index in [-0.39, 0.29) is 48.1 Å². The van der Waals surface area contributed by atoms with Gasteiger partial charge in [0.15, 0.2) is 5.76 Å². The molecule has 0 aliphatic carbocycles.